The van der Waals surface area contributed by atoms with Crippen molar-refractivity contribution in [2.75, 3.05) is 38.0 Å². The number of carbonyl (C=O) groups is 2. The van der Waals surface area contributed by atoms with E-state index in [1.807, 2.05) is 4.90 Å². The van der Waals surface area contributed by atoms with E-state index in [0.29, 0.717) is 30.5 Å². The summed E-state index contributed by atoms with van der Waals surface area (Å²) in [6, 6.07) is 1.70. The molecule has 0 aromatic carbocycles. The van der Waals surface area contributed by atoms with Gasteiger partial charge in [0.25, 0.3) is 0 Å². The second-order valence-electron chi connectivity index (χ2n) is 7.12. The van der Waals surface area contributed by atoms with Crippen molar-refractivity contribution in [1.82, 2.24) is 15.0 Å². The van der Waals surface area contributed by atoms with Crippen LogP contribution in [0, 0.1) is 12.8 Å². The van der Waals surface area contributed by atoms with Crippen LogP contribution in [0.1, 0.15) is 44.3 Å². The maximum Gasteiger partial charge on any atom is 0.226 e. The molecule has 1 saturated carbocycles. The minimum absolute atomic E-state index is 0.0611. The van der Waals surface area contributed by atoms with Gasteiger partial charge in [-0.25, -0.2) is 0 Å². The first kappa shape index (κ1) is 17.9. The smallest absolute Gasteiger partial charge is 0.226 e. The maximum absolute atomic E-state index is 12.6. The van der Waals surface area contributed by atoms with Crippen molar-refractivity contribution in [2.45, 2.75) is 45.4 Å². The van der Waals surface area contributed by atoms with Crippen molar-refractivity contribution in [2.24, 2.45) is 5.92 Å². The molecule has 2 aliphatic rings. The van der Waals surface area contributed by atoms with Gasteiger partial charge in [-0.2, -0.15) is 0 Å². The number of nitrogens with one attached hydrogen (secondary N) is 1. The van der Waals surface area contributed by atoms with E-state index in [4.69, 9.17) is 4.52 Å². The quantitative estimate of drug-likeness (QED) is 0.881. The molecule has 2 fully saturated rings. The van der Waals surface area contributed by atoms with Crippen LogP contribution in [0.5, 0.6) is 0 Å². The molecule has 138 valence electrons. The van der Waals surface area contributed by atoms with Gasteiger partial charge in [-0.15, -0.1) is 0 Å². The van der Waals surface area contributed by atoms with E-state index in [9.17, 15) is 9.59 Å². The van der Waals surface area contributed by atoms with E-state index in [1.54, 1.807) is 13.0 Å². The lowest BCUT2D eigenvalue weighted by Gasteiger charge is -2.37. The lowest BCUT2D eigenvalue weighted by Crippen LogP contribution is -2.50. The number of carbonyl (C=O) groups excluding carboxylic acids is 2. The fourth-order valence-electron chi connectivity index (χ4n) is 3.69. The van der Waals surface area contributed by atoms with Gasteiger partial charge in [-0.05, 0) is 19.8 Å². The fourth-order valence-corrected chi connectivity index (χ4v) is 3.69. The largest absolute Gasteiger partial charge is 0.360 e. The van der Waals surface area contributed by atoms with Crippen LogP contribution >= 0.6 is 0 Å². The summed E-state index contributed by atoms with van der Waals surface area (Å²) < 4.78 is 4.93. The van der Waals surface area contributed by atoms with Crippen LogP contribution in [0.2, 0.25) is 0 Å². The Balaban J connectivity index is 1.36. The number of rotatable bonds is 5. The Bertz CT molecular complexity index is 587. The van der Waals surface area contributed by atoms with Gasteiger partial charge in [0.1, 0.15) is 5.76 Å². The van der Waals surface area contributed by atoms with Gasteiger partial charge in [0, 0.05) is 51.1 Å². The molecule has 7 nitrogen and oxygen atoms in total. The SMILES string of the molecule is Cc1cc(NC(=O)CCN2CCN(C(=O)C3CCCCC3)CC2)no1. The zero-order chi connectivity index (χ0) is 17.6. The van der Waals surface area contributed by atoms with Crippen LogP contribution in [0.3, 0.4) is 0 Å². The molecule has 2 amide bonds. The highest BCUT2D eigenvalue weighted by Gasteiger charge is 2.28. The summed E-state index contributed by atoms with van der Waals surface area (Å²) >= 11 is 0. The van der Waals surface area contributed by atoms with Crippen molar-refractivity contribution in [1.29, 1.82) is 0 Å². The van der Waals surface area contributed by atoms with E-state index in [0.717, 1.165) is 39.0 Å². The molecule has 1 aliphatic carbocycles. The molecule has 1 N–H and O–H groups in total. The van der Waals surface area contributed by atoms with Gasteiger partial charge in [0.15, 0.2) is 5.82 Å². The van der Waals surface area contributed by atoms with Gasteiger partial charge >= 0.3 is 0 Å². The van der Waals surface area contributed by atoms with Gasteiger partial charge in [-0.3, -0.25) is 14.5 Å². The zero-order valence-corrected chi connectivity index (χ0v) is 15.0. The average molecular weight is 348 g/mol. The Kier molecular flexibility index (Phi) is 6.07. The highest BCUT2D eigenvalue weighted by molar-refractivity contribution is 5.89. The number of hydrogen-bond acceptors (Lipinski definition) is 5. The highest BCUT2D eigenvalue weighted by atomic mass is 16.5. The Hall–Kier alpha value is -1.89. The Morgan fingerprint density at radius 3 is 2.56 bits per heavy atom. The maximum atomic E-state index is 12.6. The number of hydrogen-bond donors (Lipinski definition) is 1. The summed E-state index contributed by atoms with van der Waals surface area (Å²) in [7, 11) is 0. The third-order valence-electron chi connectivity index (χ3n) is 5.19. The monoisotopic (exact) mass is 348 g/mol. The molecule has 2 heterocycles. The first-order chi connectivity index (χ1) is 12.1. The second-order valence-corrected chi connectivity index (χ2v) is 7.12. The van der Waals surface area contributed by atoms with Crippen LogP contribution in [0.15, 0.2) is 10.6 Å². The van der Waals surface area contributed by atoms with Gasteiger partial charge in [0.05, 0.1) is 0 Å². The zero-order valence-electron chi connectivity index (χ0n) is 15.0. The summed E-state index contributed by atoms with van der Waals surface area (Å²) in [5.41, 5.74) is 0. The Morgan fingerprint density at radius 1 is 1.20 bits per heavy atom. The molecule has 1 aromatic heterocycles. The average Bonchev–Trinajstić information content (AvgIpc) is 3.05. The van der Waals surface area contributed by atoms with Crippen LogP contribution in [-0.2, 0) is 9.59 Å². The molecular weight excluding hydrogens is 320 g/mol. The van der Waals surface area contributed by atoms with Crippen molar-refractivity contribution >= 4 is 17.6 Å². The summed E-state index contributed by atoms with van der Waals surface area (Å²) in [5, 5.41) is 6.50. The van der Waals surface area contributed by atoms with Crippen LogP contribution in [0.25, 0.3) is 0 Å². The van der Waals surface area contributed by atoms with E-state index in [1.165, 1.54) is 19.3 Å². The molecule has 0 unspecified atom stereocenters. The molecule has 1 saturated heterocycles. The number of piperazine rings is 1. The van der Waals surface area contributed by atoms with Gasteiger partial charge in [0.2, 0.25) is 11.8 Å². The second kappa shape index (κ2) is 8.47. The minimum atomic E-state index is -0.0611. The minimum Gasteiger partial charge on any atom is -0.360 e. The van der Waals surface area contributed by atoms with E-state index in [2.05, 4.69) is 15.4 Å². The molecule has 0 radical (unpaired) electrons. The summed E-state index contributed by atoms with van der Waals surface area (Å²) in [5.74, 6) is 1.67. The normalized spacial score (nSPS) is 19.8. The molecule has 1 aromatic rings. The predicted molar refractivity (Wildman–Crippen MR) is 94.1 cm³/mol. The number of aryl methyl sites for hydroxylation is 1. The van der Waals surface area contributed by atoms with Crippen LogP contribution in [0.4, 0.5) is 5.82 Å². The van der Waals surface area contributed by atoms with E-state index in [-0.39, 0.29) is 11.8 Å². The molecule has 0 bridgehead atoms. The molecule has 0 spiro atoms. The summed E-state index contributed by atoms with van der Waals surface area (Å²) in [4.78, 5) is 28.8. The van der Waals surface area contributed by atoms with Crippen LogP contribution in [-0.4, -0.2) is 59.5 Å². The topological polar surface area (TPSA) is 78.7 Å². The fraction of sp³-hybridized carbons (Fsp3) is 0.722. The molecule has 0 atom stereocenters. The summed E-state index contributed by atoms with van der Waals surface area (Å²) in [6.45, 7) is 5.73. The van der Waals surface area contributed by atoms with Crippen LogP contribution < -0.4 is 5.32 Å². The van der Waals surface area contributed by atoms with Gasteiger partial charge in [-0.1, -0.05) is 24.4 Å². The first-order valence-corrected chi connectivity index (χ1v) is 9.36. The molecule has 7 heteroatoms. The number of aromatic nitrogens is 1. The number of nitrogens with zero attached hydrogens (tertiary/aromatic N) is 3. The lowest BCUT2D eigenvalue weighted by atomic mass is 9.88. The lowest BCUT2D eigenvalue weighted by molar-refractivity contribution is -0.138. The standard InChI is InChI=1S/C18H28N4O3/c1-14-13-16(20-25-14)19-17(23)7-8-21-9-11-22(12-10-21)18(24)15-5-3-2-4-6-15/h13,15H,2-12H2,1H3,(H,19,20,23). The van der Waals surface area contributed by atoms with Gasteiger partial charge < -0.3 is 14.7 Å². The van der Waals surface area contributed by atoms with Crippen molar-refractivity contribution < 1.29 is 14.1 Å². The van der Waals surface area contributed by atoms with E-state index < -0.39 is 0 Å². The summed E-state index contributed by atoms with van der Waals surface area (Å²) in [6.07, 6.45) is 6.19. The number of anilines is 1. The Morgan fingerprint density at radius 2 is 1.92 bits per heavy atom. The molecule has 1 aliphatic heterocycles. The van der Waals surface area contributed by atoms with Crippen molar-refractivity contribution in [3.8, 4) is 0 Å². The Labute approximate surface area is 148 Å². The molecule has 3 rings (SSSR count). The molecular formula is C18H28N4O3. The van der Waals surface area contributed by atoms with Crippen molar-refractivity contribution in [3.05, 3.63) is 11.8 Å². The number of amides is 2. The predicted octanol–water partition coefficient (Wildman–Crippen LogP) is 2.04. The third-order valence-corrected chi connectivity index (χ3v) is 5.19. The highest BCUT2D eigenvalue weighted by Crippen LogP contribution is 2.25. The molecule has 25 heavy (non-hydrogen) atoms. The van der Waals surface area contributed by atoms with Crippen molar-refractivity contribution in [3.63, 3.8) is 0 Å². The van der Waals surface area contributed by atoms with E-state index >= 15 is 0 Å². The third kappa shape index (κ3) is 5.04. The first-order valence-electron chi connectivity index (χ1n) is 9.36.